The fourth-order valence-corrected chi connectivity index (χ4v) is 4.22. The summed E-state index contributed by atoms with van der Waals surface area (Å²) in [5.41, 5.74) is 2.54. The fraction of sp³-hybridized carbons (Fsp3) is 0.407. The Bertz CT molecular complexity index is 1260. The lowest BCUT2D eigenvalue weighted by molar-refractivity contribution is 0.0754. The molecule has 1 aromatic heterocycles. The summed E-state index contributed by atoms with van der Waals surface area (Å²) < 4.78 is 1.80. The Balaban J connectivity index is 1.47. The summed E-state index contributed by atoms with van der Waals surface area (Å²) in [7, 11) is 1.78. The Labute approximate surface area is 199 Å². The molecular weight excluding hydrogens is 428 g/mol. The highest BCUT2D eigenvalue weighted by Gasteiger charge is 2.16. The lowest BCUT2D eigenvalue weighted by Gasteiger charge is -2.21. The van der Waals surface area contributed by atoms with Gasteiger partial charge in [-0.25, -0.2) is 4.98 Å². The van der Waals surface area contributed by atoms with Gasteiger partial charge in [0.1, 0.15) is 5.82 Å². The third-order valence-electron chi connectivity index (χ3n) is 6.58. The van der Waals surface area contributed by atoms with Gasteiger partial charge in [0, 0.05) is 43.7 Å². The van der Waals surface area contributed by atoms with Gasteiger partial charge >= 0.3 is 0 Å². The highest BCUT2D eigenvalue weighted by molar-refractivity contribution is 5.97. The van der Waals surface area contributed by atoms with Gasteiger partial charge in [-0.3, -0.25) is 19.0 Å². The first-order valence-electron chi connectivity index (χ1n) is 12.0. The van der Waals surface area contributed by atoms with Crippen molar-refractivity contribution in [2.45, 2.75) is 65.1 Å². The van der Waals surface area contributed by atoms with E-state index in [9.17, 15) is 14.4 Å². The SMILES string of the molecule is CC(C)N(C)C(=O)c1ccc(CNC(=O)c2ccc3c(=O)n4c(nc3c2)CCCCCC4)cc1. The maximum atomic E-state index is 13.0. The molecule has 7 heteroatoms. The zero-order valence-corrected chi connectivity index (χ0v) is 20.1. The molecule has 0 saturated heterocycles. The number of aromatic nitrogens is 2. The molecular formula is C27H32N4O3. The van der Waals surface area contributed by atoms with E-state index >= 15 is 0 Å². The minimum Gasteiger partial charge on any atom is -0.348 e. The molecule has 0 unspecified atom stereocenters. The Morgan fingerprint density at radius 3 is 2.47 bits per heavy atom. The van der Waals surface area contributed by atoms with E-state index in [2.05, 4.69) is 5.32 Å². The molecule has 0 spiro atoms. The molecule has 2 aromatic carbocycles. The van der Waals surface area contributed by atoms with Crippen LogP contribution >= 0.6 is 0 Å². The van der Waals surface area contributed by atoms with E-state index in [-0.39, 0.29) is 23.4 Å². The number of nitrogens with one attached hydrogen (secondary N) is 1. The van der Waals surface area contributed by atoms with Gasteiger partial charge in [0.05, 0.1) is 10.9 Å². The summed E-state index contributed by atoms with van der Waals surface area (Å²) in [6.45, 7) is 4.99. The van der Waals surface area contributed by atoms with Crippen molar-refractivity contribution in [3.63, 3.8) is 0 Å². The van der Waals surface area contributed by atoms with Crippen LogP contribution in [-0.2, 0) is 19.5 Å². The van der Waals surface area contributed by atoms with Crippen molar-refractivity contribution >= 4 is 22.7 Å². The van der Waals surface area contributed by atoms with E-state index in [1.807, 2.05) is 26.0 Å². The zero-order chi connectivity index (χ0) is 24.2. The first-order valence-corrected chi connectivity index (χ1v) is 12.0. The number of fused-ring (bicyclic) bond motifs is 2. The normalized spacial score (nSPS) is 13.8. The van der Waals surface area contributed by atoms with Crippen molar-refractivity contribution in [3.8, 4) is 0 Å². The second kappa shape index (κ2) is 10.2. The standard InChI is InChI=1S/C27H32N4O3/c1-18(2)30(3)26(33)20-11-9-19(10-12-20)17-28-25(32)21-13-14-22-23(16-21)29-24-8-6-4-5-7-15-31(24)27(22)34/h9-14,16,18H,4-8,15,17H2,1-3H3,(H,28,32). The molecule has 1 aliphatic rings. The molecule has 34 heavy (non-hydrogen) atoms. The molecule has 0 atom stereocenters. The molecule has 1 N–H and O–H groups in total. The molecule has 7 nitrogen and oxygen atoms in total. The summed E-state index contributed by atoms with van der Waals surface area (Å²) in [5.74, 6) is 0.557. The van der Waals surface area contributed by atoms with Crippen molar-refractivity contribution in [2.75, 3.05) is 7.05 Å². The fourth-order valence-electron chi connectivity index (χ4n) is 4.22. The minimum absolute atomic E-state index is 0.0217. The van der Waals surface area contributed by atoms with Crippen LogP contribution in [0.1, 0.15) is 71.6 Å². The van der Waals surface area contributed by atoms with Gasteiger partial charge in [0.2, 0.25) is 0 Å². The highest BCUT2D eigenvalue weighted by atomic mass is 16.2. The quantitative estimate of drug-likeness (QED) is 0.625. The van der Waals surface area contributed by atoms with Crippen molar-refractivity contribution < 1.29 is 9.59 Å². The lowest BCUT2D eigenvalue weighted by atomic mass is 10.1. The molecule has 0 aliphatic carbocycles. The monoisotopic (exact) mass is 460 g/mol. The van der Waals surface area contributed by atoms with Gasteiger partial charge in [0.15, 0.2) is 0 Å². The number of carbonyl (C=O) groups is 2. The topological polar surface area (TPSA) is 84.3 Å². The van der Waals surface area contributed by atoms with E-state index in [1.54, 1.807) is 46.8 Å². The first kappa shape index (κ1) is 23.7. The summed E-state index contributed by atoms with van der Waals surface area (Å²) in [6, 6.07) is 12.5. The van der Waals surface area contributed by atoms with Crippen LogP contribution in [0.15, 0.2) is 47.3 Å². The Morgan fingerprint density at radius 2 is 1.74 bits per heavy atom. The summed E-state index contributed by atoms with van der Waals surface area (Å²) >= 11 is 0. The molecule has 3 aromatic rings. The van der Waals surface area contributed by atoms with Crippen molar-refractivity contribution in [2.24, 2.45) is 0 Å². The maximum absolute atomic E-state index is 13.0. The number of hydrogen-bond acceptors (Lipinski definition) is 4. The molecule has 0 radical (unpaired) electrons. The van der Waals surface area contributed by atoms with Crippen LogP contribution in [0.3, 0.4) is 0 Å². The summed E-state index contributed by atoms with van der Waals surface area (Å²) in [5, 5.41) is 3.47. The number of benzene rings is 2. The number of nitrogens with zero attached hydrogens (tertiary/aromatic N) is 3. The van der Waals surface area contributed by atoms with Gasteiger partial charge in [-0.1, -0.05) is 25.0 Å². The number of amides is 2. The van der Waals surface area contributed by atoms with Crippen LogP contribution in [0.25, 0.3) is 10.9 Å². The highest BCUT2D eigenvalue weighted by Crippen LogP contribution is 2.17. The minimum atomic E-state index is -0.227. The van der Waals surface area contributed by atoms with E-state index in [4.69, 9.17) is 4.98 Å². The average molecular weight is 461 g/mol. The maximum Gasteiger partial charge on any atom is 0.261 e. The lowest BCUT2D eigenvalue weighted by Crippen LogP contribution is -2.32. The molecule has 4 rings (SSSR count). The molecule has 1 aliphatic heterocycles. The zero-order valence-electron chi connectivity index (χ0n) is 20.1. The van der Waals surface area contributed by atoms with Gasteiger partial charge in [-0.15, -0.1) is 0 Å². The third kappa shape index (κ3) is 5.03. The Hall–Kier alpha value is -3.48. The number of hydrogen-bond donors (Lipinski definition) is 1. The smallest absolute Gasteiger partial charge is 0.261 e. The van der Waals surface area contributed by atoms with E-state index in [0.29, 0.717) is 35.1 Å². The number of rotatable bonds is 5. The van der Waals surface area contributed by atoms with Crippen molar-refractivity contribution in [3.05, 3.63) is 75.3 Å². The van der Waals surface area contributed by atoms with Crippen LogP contribution in [-0.4, -0.2) is 39.4 Å². The predicted octanol–water partition coefficient (Wildman–Crippen LogP) is 3.92. The Morgan fingerprint density at radius 1 is 1.03 bits per heavy atom. The van der Waals surface area contributed by atoms with Crippen molar-refractivity contribution in [1.29, 1.82) is 0 Å². The average Bonchev–Trinajstić information content (AvgIpc) is 2.82. The van der Waals surface area contributed by atoms with E-state index < -0.39 is 0 Å². The van der Waals surface area contributed by atoms with Gasteiger partial charge in [0.25, 0.3) is 17.4 Å². The molecule has 2 heterocycles. The van der Waals surface area contributed by atoms with Crippen LogP contribution in [0.4, 0.5) is 0 Å². The van der Waals surface area contributed by atoms with Crippen molar-refractivity contribution in [1.82, 2.24) is 19.8 Å². The molecule has 0 bridgehead atoms. The Kier molecular flexibility index (Phi) is 7.10. The van der Waals surface area contributed by atoms with Gasteiger partial charge in [-0.05, 0) is 62.6 Å². The molecule has 0 fully saturated rings. The van der Waals surface area contributed by atoms with Crippen LogP contribution in [0, 0.1) is 0 Å². The van der Waals surface area contributed by atoms with Crippen LogP contribution in [0.5, 0.6) is 0 Å². The second-order valence-corrected chi connectivity index (χ2v) is 9.27. The van der Waals surface area contributed by atoms with Crippen LogP contribution < -0.4 is 10.9 Å². The summed E-state index contributed by atoms with van der Waals surface area (Å²) in [6.07, 6.45) is 5.09. The number of carbonyl (C=O) groups excluding carboxylic acids is 2. The summed E-state index contributed by atoms with van der Waals surface area (Å²) in [4.78, 5) is 44.6. The number of aryl methyl sites for hydroxylation is 1. The van der Waals surface area contributed by atoms with E-state index in [0.717, 1.165) is 43.5 Å². The predicted molar refractivity (Wildman–Crippen MR) is 133 cm³/mol. The van der Waals surface area contributed by atoms with Crippen LogP contribution in [0.2, 0.25) is 0 Å². The third-order valence-corrected chi connectivity index (χ3v) is 6.58. The first-order chi connectivity index (χ1) is 16.3. The molecule has 0 saturated carbocycles. The van der Waals surface area contributed by atoms with Gasteiger partial charge in [-0.2, -0.15) is 0 Å². The van der Waals surface area contributed by atoms with E-state index in [1.165, 1.54) is 0 Å². The molecule has 178 valence electrons. The largest absolute Gasteiger partial charge is 0.348 e. The molecule has 2 amide bonds. The second-order valence-electron chi connectivity index (χ2n) is 9.27. The van der Waals surface area contributed by atoms with Gasteiger partial charge < -0.3 is 10.2 Å².